The van der Waals surface area contributed by atoms with Gasteiger partial charge in [0.1, 0.15) is 11.5 Å². The van der Waals surface area contributed by atoms with Crippen LogP contribution in [0.3, 0.4) is 0 Å². The van der Waals surface area contributed by atoms with Crippen LogP contribution in [-0.2, 0) is 33.2 Å². The molecule has 32 heavy (non-hydrogen) atoms. The summed E-state index contributed by atoms with van der Waals surface area (Å²) in [5.74, 6) is 0.984. The van der Waals surface area contributed by atoms with Crippen LogP contribution in [0.1, 0.15) is 46.6 Å². The van der Waals surface area contributed by atoms with Crippen molar-refractivity contribution in [3.05, 3.63) is 79.8 Å². The van der Waals surface area contributed by atoms with Crippen molar-refractivity contribution in [1.29, 1.82) is 0 Å². The molecule has 0 saturated heterocycles. The molecule has 1 aliphatic carbocycles. The van der Waals surface area contributed by atoms with Crippen molar-refractivity contribution in [2.24, 2.45) is 0 Å². The Labute approximate surface area is 201 Å². The van der Waals surface area contributed by atoms with Gasteiger partial charge in [-0.15, -0.1) is 0 Å². The number of hydrogen-bond donors (Lipinski definition) is 1. The Balaban J connectivity index is 1.65. The number of amides is 1. The Morgan fingerprint density at radius 2 is 1.84 bits per heavy atom. The van der Waals surface area contributed by atoms with Crippen molar-refractivity contribution in [3.8, 4) is 0 Å². The zero-order valence-corrected chi connectivity index (χ0v) is 20.5. The number of carbonyl (C=O) groups is 1. The van der Waals surface area contributed by atoms with Crippen molar-refractivity contribution in [2.45, 2.75) is 43.3 Å². The quantitative estimate of drug-likeness (QED) is 0.337. The summed E-state index contributed by atoms with van der Waals surface area (Å²) in [5.41, 5.74) is 4.83. The highest BCUT2D eigenvalue weighted by atomic mass is 127. The summed E-state index contributed by atoms with van der Waals surface area (Å²) in [4.78, 5) is 13.1. The van der Waals surface area contributed by atoms with Gasteiger partial charge in [-0.05, 0) is 90.2 Å². The molecular formula is C25H22INO4S. The van der Waals surface area contributed by atoms with Crippen LogP contribution >= 0.6 is 22.6 Å². The van der Waals surface area contributed by atoms with E-state index in [1.54, 1.807) is 36.4 Å². The lowest BCUT2D eigenvalue weighted by Gasteiger charge is -2.11. The molecule has 2 aliphatic rings. The summed E-state index contributed by atoms with van der Waals surface area (Å²) in [6, 6.07) is 12.4. The van der Waals surface area contributed by atoms with E-state index in [4.69, 9.17) is 4.42 Å². The van der Waals surface area contributed by atoms with E-state index >= 15 is 0 Å². The molecule has 1 amide bonds. The number of furan rings is 1. The highest BCUT2D eigenvalue weighted by Gasteiger charge is 2.30. The minimum absolute atomic E-state index is 0.144. The Kier molecular flexibility index (Phi) is 5.49. The first-order valence-electron chi connectivity index (χ1n) is 10.6. The summed E-state index contributed by atoms with van der Waals surface area (Å²) in [6.45, 7) is 1.99. The minimum Gasteiger partial charge on any atom is -0.461 e. The number of sulfone groups is 1. The van der Waals surface area contributed by atoms with Crippen LogP contribution < -0.4 is 5.32 Å². The molecule has 5 rings (SSSR count). The van der Waals surface area contributed by atoms with Crippen LogP contribution in [0.25, 0.3) is 11.6 Å². The van der Waals surface area contributed by atoms with Crippen molar-refractivity contribution in [3.63, 3.8) is 0 Å². The van der Waals surface area contributed by atoms with E-state index in [2.05, 4.69) is 27.9 Å². The molecule has 164 valence electrons. The molecule has 1 aromatic heterocycles. The number of rotatable bonds is 4. The monoisotopic (exact) mass is 559 g/mol. The van der Waals surface area contributed by atoms with Crippen molar-refractivity contribution in [2.75, 3.05) is 5.32 Å². The molecule has 0 radical (unpaired) electrons. The van der Waals surface area contributed by atoms with Gasteiger partial charge in [-0.2, -0.15) is 0 Å². The number of hydrogen-bond acceptors (Lipinski definition) is 4. The predicted molar refractivity (Wildman–Crippen MR) is 133 cm³/mol. The Hall–Kier alpha value is -2.39. The van der Waals surface area contributed by atoms with Crippen LogP contribution in [0.5, 0.6) is 0 Å². The molecule has 0 fully saturated rings. The lowest BCUT2D eigenvalue weighted by Crippen LogP contribution is -2.09. The third kappa shape index (κ3) is 3.71. The van der Waals surface area contributed by atoms with Crippen molar-refractivity contribution in [1.82, 2.24) is 0 Å². The molecule has 0 saturated carbocycles. The molecule has 5 nitrogen and oxygen atoms in total. The van der Waals surface area contributed by atoms with Gasteiger partial charge in [0.05, 0.1) is 16.2 Å². The van der Waals surface area contributed by atoms with E-state index in [1.807, 2.05) is 19.1 Å². The Bertz CT molecular complexity index is 1370. The molecule has 3 aromatic rings. The second-order valence-electron chi connectivity index (χ2n) is 8.23. The van der Waals surface area contributed by atoms with Gasteiger partial charge in [0.15, 0.2) is 9.84 Å². The van der Waals surface area contributed by atoms with Crippen molar-refractivity contribution < 1.29 is 17.6 Å². The fourth-order valence-corrected chi connectivity index (χ4v) is 6.42. The molecule has 2 heterocycles. The topological polar surface area (TPSA) is 76.4 Å². The number of halogens is 1. The zero-order valence-electron chi connectivity index (χ0n) is 17.6. The van der Waals surface area contributed by atoms with E-state index in [-0.39, 0.29) is 11.7 Å². The summed E-state index contributed by atoms with van der Waals surface area (Å²) in [7, 11) is -3.55. The van der Waals surface area contributed by atoms with E-state index in [0.29, 0.717) is 21.8 Å². The number of fused-ring (bicyclic) bond motifs is 2. The molecule has 0 bridgehead atoms. The maximum absolute atomic E-state index is 13.2. The second-order valence-corrected chi connectivity index (χ2v) is 11.4. The number of nitrogens with one attached hydrogen (secondary N) is 1. The second kappa shape index (κ2) is 8.19. The summed E-state index contributed by atoms with van der Waals surface area (Å²) >= 11 is 2.26. The summed E-state index contributed by atoms with van der Waals surface area (Å²) < 4.78 is 33.6. The van der Waals surface area contributed by atoms with Gasteiger partial charge < -0.3 is 9.73 Å². The fourth-order valence-electron chi connectivity index (χ4n) is 4.54. The number of carbonyl (C=O) groups excluding carboxylic acids is 1. The van der Waals surface area contributed by atoms with Crippen LogP contribution in [0.15, 0.2) is 51.8 Å². The lowest BCUT2D eigenvalue weighted by molar-refractivity contribution is -0.110. The fraction of sp³-hybridized carbons (Fsp3) is 0.240. The zero-order chi connectivity index (χ0) is 22.5. The van der Waals surface area contributed by atoms with E-state index < -0.39 is 9.84 Å². The third-order valence-electron chi connectivity index (χ3n) is 6.19. The van der Waals surface area contributed by atoms with E-state index in [9.17, 15) is 13.2 Å². The maximum atomic E-state index is 13.2. The van der Waals surface area contributed by atoms with Gasteiger partial charge in [-0.25, -0.2) is 8.42 Å². The molecule has 0 atom stereocenters. The summed E-state index contributed by atoms with van der Waals surface area (Å²) in [5, 5.41) is 2.92. The minimum atomic E-state index is -3.55. The van der Waals surface area contributed by atoms with Gasteiger partial charge in [-0.1, -0.05) is 18.2 Å². The third-order valence-corrected chi connectivity index (χ3v) is 9.01. The maximum Gasteiger partial charge on any atom is 0.256 e. The molecule has 7 heteroatoms. The average molecular weight is 559 g/mol. The largest absolute Gasteiger partial charge is 0.461 e. The Morgan fingerprint density at radius 1 is 1.09 bits per heavy atom. The number of benzene rings is 2. The van der Waals surface area contributed by atoms with Gasteiger partial charge in [0.25, 0.3) is 5.91 Å². The smallest absolute Gasteiger partial charge is 0.256 e. The first-order valence-corrected chi connectivity index (χ1v) is 13.3. The first-order chi connectivity index (χ1) is 15.3. The molecule has 1 N–H and O–H groups in total. The molecular weight excluding hydrogens is 537 g/mol. The average Bonchev–Trinajstić information content (AvgIpc) is 3.29. The van der Waals surface area contributed by atoms with Gasteiger partial charge in [-0.3, -0.25) is 4.79 Å². The van der Waals surface area contributed by atoms with Crippen LogP contribution in [0, 0.1) is 10.5 Å². The van der Waals surface area contributed by atoms with E-state index in [1.165, 1.54) is 0 Å². The standard InChI is InChI=1S/C25H22INO4S/c1-15-20(26)11-12-21-24(15)18(25(28)27-21)13-23-19(17-9-5-6-10-22(17)31-23)14-32(29,30)16-7-3-2-4-8-16/h2-4,7-8,11-13H,5-6,9-10,14H2,1H3,(H,27,28). The highest BCUT2D eigenvalue weighted by Crippen LogP contribution is 2.40. The molecule has 2 aromatic carbocycles. The lowest BCUT2D eigenvalue weighted by atomic mass is 9.94. The van der Waals surface area contributed by atoms with Gasteiger partial charge in [0, 0.05) is 26.8 Å². The predicted octanol–water partition coefficient (Wildman–Crippen LogP) is 5.54. The number of aryl methyl sites for hydroxylation is 1. The first kappa shape index (κ1) is 21.5. The SMILES string of the molecule is Cc1c(I)ccc2c1C(=Cc1oc3c(c1CS(=O)(=O)c1ccccc1)CCCC3)C(=O)N2. The Morgan fingerprint density at radius 3 is 2.62 bits per heavy atom. The normalized spacial score (nSPS) is 16.7. The number of anilines is 1. The summed E-state index contributed by atoms with van der Waals surface area (Å²) in [6.07, 6.45) is 5.33. The van der Waals surface area contributed by atoms with Gasteiger partial charge >= 0.3 is 0 Å². The van der Waals surface area contributed by atoms with Crippen molar-refractivity contribution >= 4 is 55.7 Å². The molecule has 1 aliphatic heterocycles. The molecule has 0 spiro atoms. The van der Waals surface area contributed by atoms with E-state index in [0.717, 1.165) is 57.4 Å². The highest BCUT2D eigenvalue weighted by molar-refractivity contribution is 14.1. The van der Waals surface area contributed by atoms with Crippen LogP contribution in [0.2, 0.25) is 0 Å². The van der Waals surface area contributed by atoms with Crippen LogP contribution in [0.4, 0.5) is 5.69 Å². The van der Waals surface area contributed by atoms with Crippen LogP contribution in [-0.4, -0.2) is 14.3 Å². The van der Waals surface area contributed by atoms with Gasteiger partial charge in [0.2, 0.25) is 0 Å². The molecule has 0 unspecified atom stereocenters.